The second-order valence-electron chi connectivity index (χ2n) is 4.99. The molecule has 0 amide bonds. The van der Waals surface area contributed by atoms with E-state index in [1.807, 2.05) is 6.07 Å². The van der Waals surface area contributed by atoms with Crippen LogP contribution in [0.4, 0.5) is 4.39 Å². The summed E-state index contributed by atoms with van der Waals surface area (Å²) in [6.07, 6.45) is 2.08. The average molecular weight is 283 g/mol. The average Bonchev–Trinajstić information content (AvgIpc) is 2.78. The Bertz CT molecular complexity index is 605. The Morgan fingerprint density at radius 3 is 3.05 bits per heavy atom. The Kier molecular flexibility index (Phi) is 3.46. The van der Waals surface area contributed by atoms with Crippen molar-refractivity contribution in [3.63, 3.8) is 0 Å². The van der Waals surface area contributed by atoms with E-state index in [4.69, 9.17) is 16.3 Å². The van der Waals surface area contributed by atoms with Gasteiger partial charge in [-0.1, -0.05) is 0 Å². The molecule has 0 bridgehead atoms. The van der Waals surface area contributed by atoms with Crippen LogP contribution in [0, 0.1) is 12.7 Å². The fourth-order valence-electron chi connectivity index (χ4n) is 2.70. The quantitative estimate of drug-likeness (QED) is 0.787. The lowest BCUT2D eigenvalue weighted by Gasteiger charge is -2.25. The van der Waals surface area contributed by atoms with E-state index in [1.165, 1.54) is 6.07 Å². The van der Waals surface area contributed by atoms with Gasteiger partial charge in [0.25, 0.3) is 0 Å². The van der Waals surface area contributed by atoms with Crippen LogP contribution in [0.3, 0.4) is 0 Å². The summed E-state index contributed by atoms with van der Waals surface area (Å²) in [4.78, 5) is 4.44. The maximum Gasteiger partial charge on any atom is 0.128 e. The lowest BCUT2D eigenvalue weighted by Crippen LogP contribution is -2.22. The SMILES string of the molecule is Cc1cc2c(cc1F)nc(CCl)n2C1CCCOC1. The highest BCUT2D eigenvalue weighted by atomic mass is 35.5. The molecule has 3 nitrogen and oxygen atoms in total. The number of imidazole rings is 1. The van der Waals surface area contributed by atoms with E-state index in [9.17, 15) is 4.39 Å². The summed E-state index contributed by atoms with van der Waals surface area (Å²) in [5.41, 5.74) is 2.25. The minimum Gasteiger partial charge on any atom is -0.379 e. The highest BCUT2D eigenvalue weighted by Crippen LogP contribution is 2.29. The third kappa shape index (κ3) is 2.23. The lowest BCUT2D eigenvalue weighted by molar-refractivity contribution is 0.0597. The molecule has 5 heteroatoms. The first-order valence-electron chi connectivity index (χ1n) is 6.51. The number of rotatable bonds is 2. The first-order valence-corrected chi connectivity index (χ1v) is 7.05. The molecule has 0 N–H and O–H groups in total. The highest BCUT2D eigenvalue weighted by Gasteiger charge is 2.22. The van der Waals surface area contributed by atoms with Gasteiger partial charge in [0.15, 0.2) is 0 Å². The molecule has 102 valence electrons. The van der Waals surface area contributed by atoms with Gasteiger partial charge in [-0.25, -0.2) is 9.37 Å². The monoisotopic (exact) mass is 282 g/mol. The topological polar surface area (TPSA) is 27.1 Å². The Hall–Kier alpha value is -1.13. The molecule has 1 aromatic carbocycles. The molecule has 1 aromatic heterocycles. The van der Waals surface area contributed by atoms with Crippen LogP contribution in [0.2, 0.25) is 0 Å². The van der Waals surface area contributed by atoms with Crippen LogP contribution in [-0.4, -0.2) is 22.8 Å². The largest absolute Gasteiger partial charge is 0.379 e. The lowest BCUT2D eigenvalue weighted by atomic mass is 10.1. The number of hydrogen-bond acceptors (Lipinski definition) is 2. The summed E-state index contributed by atoms with van der Waals surface area (Å²) in [5.74, 6) is 0.890. The number of halogens is 2. The molecule has 0 radical (unpaired) electrons. The van der Waals surface area contributed by atoms with Gasteiger partial charge in [-0.15, -0.1) is 11.6 Å². The number of ether oxygens (including phenoxy) is 1. The van der Waals surface area contributed by atoms with Crippen LogP contribution in [0.5, 0.6) is 0 Å². The second-order valence-corrected chi connectivity index (χ2v) is 5.26. The van der Waals surface area contributed by atoms with Gasteiger partial charge in [0.2, 0.25) is 0 Å². The molecule has 0 spiro atoms. The van der Waals surface area contributed by atoms with Crippen molar-refractivity contribution >= 4 is 22.6 Å². The Morgan fingerprint density at radius 2 is 2.37 bits per heavy atom. The molecular formula is C14H16ClFN2O. The molecule has 19 heavy (non-hydrogen) atoms. The summed E-state index contributed by atoms with van der Waals surface area (Å²) in [7, 11) is 0. The van der Waals surface area contributed by atoms with Gasteiger partial charge in [0.1, 0.15) is 11.6 Å². The summed E-state index contributed by atoms with van der Waals surface area (Å²) in [5, 5.41) is 0. The summed E-state index contributed by atoms with van der Waals surface area (Å²) < 4.78 is 21.3. The third-order valence-electron chi connectivity index (χ3n) is 3.66. The number of nitrogens with zero attached hydrogens (tertiary/aromatic N) is 2. The van der Waals surface area contributed by atoms with Crippen LogP contribution in [-0.2, 0) is 10.6 Å². The molecule has 1 unspecified atom stereocenters. The molecule has 1 fully saturated rings. The highest BCUT2D eigenvalue weighted by molar-refractivity contribution is 6.16. The molecule has 1 aliphatic heterocycles. The molecule has 1 saturated heterocycles. The first kappa shape index (κ1) is 12.9. The van der Waals surface area contributed by atoms with Crippen molar-refractivity contribution in [1.82, 2.24) is 9.55 Å². The normalized spacial score (nSPS) is 20.1. The van der Waals surface area contributed by atoms with Crippen LogP contribution in [0.1, 0.15) is 30.3 Å². The van der Waals surface area contributed by atoms with Crippen LogP contribution < -0.4 is 0 Å². The molecule has 2 heterocycles. The number of benzene rings is 1. The van der Waals surface area contributed by atoms with Gasteiger partial charge in [-0.2, -0.15) is 0 Å². The Balaban J connectivity index is 2.16. The van der Waals surface area contributed by atoms with E-state index >= 15 is 0 Å². The predicted octanol–water partition coefficient (Wildman–Crippen LogP) is 3.57. The number of fused-ring (bicyclic) bond motifs is 1. The van der Waals surface area contributed by atoms with E-state index in [2.05, 4.69) is 9.55 Å². The molecule has 2 aromatic rings. The van der Waals surface area contributed by atoms with Gasteiger partial charge in [0.05, 0.1) is 29.6 Å². The summed E-state index contributed by atoms with van der Waals surface area (Å²) in [6, 6.07) is 3.58. The second kappa shape index (κ2) is 5.10. The van der Waals surface area contributed by atoms with E-state index in [0.717, 1.165) is 30.8 Å². The number of aromatic nitrogens is 2. The Labute approximate surface area is 116 Å². The maximum atomic E-state index is 13.6. The third-order valence-corrected chi connectivity index (χ3v) is 3.90. The van der Waals surface area contributed by atoms with Crippen molar-refractivity contribution in [2.24, 2.45) is 0 Å². The number of aryl methyl sites for hydroxylation is 1. The predicted molar refractivity (Wildman–Crippen MR) is 73.1 cm³/mol. The summed E-state index contributed by atoms with van der Waals surface area (Å²) in [6.45, 7) is 3.25. The smallest absolute Gasteiger partial charge is 0.128 e. The zero-order valence-electron chi connectivity index (χ0n) is 10.8. The standard InChI is InChI=1S/C14H16ClFN2O/c1-9-5-13-12(6-11(9)16)17-14(7-15)18(13)10-3-2-4-19-8-10/h5-6,10H,2-4,7-8H2,1H3. The maximum absolute atomic E-state index is 13.6. The molecule has 3 rings (SSSR count). The van der Waals surface area contributed by atoms with Crippen LogP contribution in [0.15, 0.2) is 12.1 Å². The molecule has 1 atom stereocenters. The van der Waals surface area contributed by atoms with Gasteiger partial charge in [0, 0.05) is 12.7 Å². The fraction of sp³-hybridized carbons (Fsp3) is 0.500. The van der Waals surface area contributed by atoms with Gasteiger partial charge < -0.3 is 9.30 Å². The van der Waals surface area contributed by atoms with E-state index in [1.54, 1.807) is 6.92 Å². The minimum atomic E-state index is -0.224. The van der Waals surface area contributed by atoms with E-state index in [-0.39, 0.29) is 11.9 Å². The van der Waals surface area contributed by atoms with E-state index in [0.29, 0.717) is 23.6 Å². The fourth-order valence-corrected chi connectivity index (χ4v) is 2.89. The minimum absolute atomic E-state index is 0.224. The molecule has 0 aliphatic carbocycles. The Morgan fingerprint density at radius 1 is 1.53 bits per heavy atom. The van der Waals surface area contributed by atoms with Gasteiger partial charge in [-0.05, 0) is 31.4 Å². The van der Waals surface area contributed by atoms with Gasteiger partial charge >= 0.3 is 0 Å². The number of alkyl halides is 1. The molecule has 0 saturated carbocycles. The van der Waals surface area contributed by atoms with Crippen molar-refractivity contribution in [3.05, 3.63) is 29.3 Å². The zero-order chi connectivity index (χ0) is 13.4. The van der Waals surface area contributed by atoms with Crippen LogP contribution in [0.25, 0.3) is 11.0 Å². The number of hydrogen-bond donors (Lipinski definition) is 0. The molecule has 1 aliphatic rings. The van der Waals surface area contributed by atoms with Crippen molar-refractivity contribution in [2.45, 2.75) is 31.7 Å². The van der Waals surface area contributed by atoms with Crippen molar-refractivity contribution < 1.29 is 9.13 Å². The van der Waals surface area contributed by atoms with Crippen molar-refractivity contribution in [2.75, 3.05) is 13.2 Å². The zero-order valence-corrected chi connectivity index (χ0v) is 11.6. The van der Waals surface area contributed by atoms with E-state index < -0.39 is 0 Å². The van der Waals surface area contributed by atoms with Gasteiger partial charge in [-0.3, -0.25) is 0 Å². The summed E-state index contributed by atoms with van der Waals surface area (Å²) >= 11 is 5.98. The van der Waals surface area contributed by atoms with Crippen molar-refractivity contribution in [1.29, 1.82) is 0 Å². The van der Waals surface area contributed by atoms with Crippen molar-refractivity contribution in [3.8, 4) is 0 Å². The van der Waals surface area contributed by atoms with Crippen LogP contribution >= 0.6 is 11.6 Å². The first-order chi connectivity index (χ1) is 9.20. The molecular weight excluding hydrogens is 267 g/mol.